The van der Waals surface area contributed by atoms with Gasteiger partial charge in [0.1, 0.15) is 10.6 Å². The molecule has 2 aromatic heterocycles. The van der Waals surface area contributed by atoms with E-state index >= 15 is 0 Å². The summed E-state index contributed by atoms with van der Waals surface area (Å²) in [5.74, 6) is 1.03. The number of terminal acetylenes is 1. The highest BCUT2D eigenvalue weighted by atomic mass is 32.2. The largest absolute Gasteiger partial charge is 0.476 e. The van der Waals surface area contributed by atoms with E-state index in [0.717, 1.165) is 19.0 Å². The standard InChI is InChI=1S/C28H24FN3O6S/c1-2-19-13-21(16-31-28(19)37-17-18-8-11-36-12-9-18)39(34,35)32-27(33)22-5-3-4-6-25(22)38-26-14-20-7-10-30-24(20)15-23(26)29/h1,3-7,10,13-16,18,30H,8-9,11-12,17H2,(H,32,33). The van der Waals surface area contributed by atoms with Gasteiger partial charge in [-0.1, -0.05) is 18.1 Å². The van der Waals surface area contributed by atoms with Crippen LogP contribution in [0.3, 0.4) is 0 Å². The van der Waals surface area contributed by atoms with Crippen molar-refractivity contribution in [3.63, 3.8) is 0 Å². The van der Waals surface area contributed by atoms with Crippen LogP contribution in [0.5, 0.6) is 17.4 Å². The maximum atomic E-state index is 14.6. The summed E-state index contributed by atoms with van der Waals surface area (Å²) in [6.45, 7) is 1.69. The van der Waals surface area contributed by atoms with Crippen LogP contribution in [0.1, 0.15) is 28.8 Å². The number of benzene rings is 2. The van der Waals surface area contributed by atoms with E-state index in [4.69, 9.17) is 20.6 Å². The number of rotatable bonds is 8. The Balaban J connectivity index is 1.33. The van der Waals surface area contributed by atoms with Gasteiger partial charge in [-0.15, -0.1) is 6.42 Å². The van der Waals surface area contributed by atoms with Crippen molar-refractivity contribution in [2.24, 2.45) is 5.92 Å². The van der Waals surface area contributed by atoms with Crippen LogP contribution in [0, 0.1) is 24.1 Å². The topological polar surface area (TPSA) is 120 Å². The second-order valence-corrected chi connectivity index (χ2v) is 10.6. The van der Waals surface area contributed by atoms with Gasteiger partial charge < -0.3 is 19.2 Å². The number of aromatic amines is 1. The Bertz CT molecular complexity index is 1670. The van der Waals surface area contributed by atoms with Crippen LogP contribution >= 0.6 is 0 Å². The summed E-state index contributed by atoms with van der Waals surface area (Å²) >= 11 is 0. The third kappa shape index (κ3) is 5.87. The normalized spacial score (nSPS) is 14.1. The van der Waals surface area contributed by atoms with Crippen molar-refractivity contribution in [1.29, 1.82) is 0 Å². The average Bonchev–Trinajstić information content (AvgIpc) is 3.39. The molecule has 11 heteroatoms. The smallest absolute Gasteiger partial charge is 0.268 e. The fourth-order valence-electron chi connectivity index (χ4n) is 4.14. The molecule has 3 heterocycles. The number of pyridine rings is 1. The first kappa shape index (κ1) is 26.2. The molecule has 0 bridgehead atoms. The number of nitrogens with zero attached hydrogens (tertiary/aromatic N) is 1. The van der Waals surface area contributed by atoms with Crippen LogP contribution in [0.2, 0.25) is 0 Å². The number of hydrogen-bond donors (Lipinski definition) is 2. The minimum Gasteiger partial charge on any atom is -0.476 e. The highest BCUT2D eigenvalue weighted by Crippen LogP contribution is 2.31. The van der Waals surface area contributed by atoms with Gasteiger partial charge in [-0.3, -0.25) is 4.79 Å². The lowest BCUT2D eigenvalue weighted by Gasteiger charge is -2.22. The number of fused-ring (bicyclic) bond motifs is 1. The van der Waals surface area contributed by atoms with Gasteiger partial charge in [0.25, 0.3) is 15.9 Å². The van der Waals surface area contributed by atoms with Gasteiger partial charge >= 0.3 is 0 Å². The van der Waals surface area contributed by atoms with Crippen LogP contribution in [0.25, 0.3) is 10.9 Å². The molecular weight excluding hydrogens is 525 g/mol. The predicted octanol–water partition coefficient (Wildman–Crippen LogP) is 4.40. The Morgan fingerprint density at radius 1 is 1.18 bits per heavy atom. The van der Waals surface area contributed by atoms with E-state index in [2.05, 4.69) is 15.9 Å². The fraction of sp³-hybridized carbons (Fsp3) is 0.214. The maximum absolute atomic E-state index is 14.6. The molecule has 0 unspecified atom stereocenters. The highest BCUT2D eigenvalue weighted by Gasteiger charge is 2.24. The van der Waals surface area contributed by atoms with Gasteiger partial charge in [-0.2, -0.15) is 0 Å². The van der Waals surface area contributed by atoms with Crippen LogP contribution in [-0.4, -0.2) is 44.1 Å². The third-order valence-corrected chi connectivity index (χ3v) is 7.57. The zero-order valence-electron chi connectivity index (χ0n) is 20.6. The Labute approximate surface area is 224 Å². The summed E-state index contributed by atoms with van der Waals surface area (Å²) in [5, 5.41) is 0.702. The summed E-state index contributed by atoms with van der Waals surface area (Å²) in [4.78, 5) is 19.7. The van der Waals surface area contributed by atoms with Gasteiger partial charge in [-0.05, 0) is 49.1 Å². The lowest BCUT2D eigenvalue weighted by atomic mass is 10.0. The number of ether oxygens (including phenoxy) is 3. The van der Waals surface area contributed by atoms with Crippen LogP contribution in [-0.2, 0) is 14.8 Å². The van der Waals surface area contributed by atoms with Gasteiger partial charge in [0.2, 0.25) is 5.88 Å². The number of amides is 1. The molecule has 1 fully saturated rings. The molecule has 2 aromatic carbocycles. The first-order chi connectivity index (χ1) is 18.8. The van der Waals surface area contributed by atoms with Crippen molar-refractivity contribution in [1.82, 2.24) is 14.7 Å². The summed E-state index contributed by atoms with van der Waals surface area (Å²) in [5.41, 5.74) is 0.602. The number of hydrogen-bond acceptors (Lipinski definition) is 7. The first-order valence-corrected chi connectivity index (χ1v) is 13.6. The number of para-hydroxylation sites is 1. The van der Waals surface area contributed by atoms with Crippen LogP contribution in [0.15, 0.2) is 65.8 Å². The highest BCUT2D eigenvalue weighted by molar-refractivity contribution is 7.90. The molecule has 0 aliphatic carbocycles. The van der Waals surface area contributed by atoms with Crippen molar-refractivity contribution in [3.8, 4) is 29.7 Å². The van der Waals surface area contributed by atoms with E-state index < -0.39 is 21.7 Å². The predicted molar refractivity (Wildman–Crippen MR) is 141 cm³/mol. The molecule has 200 valence electrons. The summed E-state index contributed by atoms with van der Waals surface area (Å²) in [6, 6.07) is 11.6. The Morgan fingerprint density at radius 3 is 2.77 bits per heavy atom. The molecule has 1 aliphatic rings. The zero-order valence-corrected chi connectivity index (χ0v) is 21.5. The number of H-pyrrole nitrogens is 1. The van der Waals surface area contributed by atoms with Crippen molar-refractivity contribution >= 4 is 26.8 Å². The molecule has 1 aliphatic heterocycles. The van der Waals surface area contributed by atoms with Crippen molar-refractivity contribution in [2.75, 3.05) is 19.8 Å². The SMILES string of the molecule is C#Cc1cc(S(=O)(=O)NC(=O)c2ccccc2Oc2cc3cc[nH]c3cc2F)cnc1OCC1CCOCC1. The Morgan fingerprint density at radius 2 is 1.97 bits per heavy atom. The van der Waals surface area contributed by atoms with E-state index in [9.17, 15) is 17.6 Å². The summed E-state index contributed by atoms with van der Waals surface area (Å²) < 4.78 is 59.4. The van der Waals surface area contributed by atoms with E-state index in [1.165, 1.54) is 36.4 Å². The monoisotopic (exact) mass is 549 g/mol. The average molecular weight is 550 g/mol. The zero-order chi connectivity index (χ0) is 27.4. The summed E-state index contributed by atoms with van der Waals surface area (Å²) in [6.07, 6.45) is 10.0. The van der Waals surface area contributed by atoms with E-state index in [-0.39, 0.29) is 39.3 Å². The second-order valence-electron chi connectivity index (χ2n) is 8.92. The summed E-state index contributed by atoms with van der Waals surface area (Å²) in [7, 11) is -4.37. The van der Waals surface area contributed by atoms with Crippen molar-refractivity contribution in [2.45, 2.75) is 17.7 Å². The molecular formula is C28H24FN3O6S. The number of carbonyl (C=O) groups is 1. The molecule has 4 aromatic rings. The van der Waals surface area contributed by atoms with Gasteiger partial charge in [0, 0.05) is 36.4 Å². The molecule has 0 atom stereocenters. The van der Waals surface area contributed by atoms with Crippen molar-refractivity contribution in [3.05, 3.63) is 77.9 Å². The minimum absolute atomic E-state index is 0.0294. The van der Waals surface area contributed by atoms with Gasteiger partial charge in [0.05, 0.1) is 23.9 Å². The molecule has 0 radical (unpaired) electrons. The van der Waals surface area contributed by atoms with Gasteiger partial charge in [0.15, 0.2) is 11.6 Å². The molecule has 1 amide bonds. The van der Waals surface area contributed by atoms with Crippen molar-refractivity contribution < 1.29 is 31.8 Å². The van der Waals surface area contributed by atoms with E-state index in [1.807, 2.05) is 4.72 Å². The number of sulfonamides is 1. The maximum Gasteiger partial charge on any atom is 0.268 e. The molecule has 5 rings (SSSR count). The van der Waals surface area contributed by atoms with Crippen LogP contribution in [0.4, 0.5) is 4.39 Å². The van der Waals surface area contributed by atoms with Gasteiger partial charge in [-0.25, -0.2) is 22.5 Å². The molecule has 9 nitrogen and oxygen atoms in total. The Hall–Kier alpha value is -4.40. The second kappa shape index (κ2) is 11.1. The number of carbonyl (C=O) groups excluding carboxylic acids is 1. The molecule has 2 N–H and O–H groups in total. The molecule has 0 spiro atoms. The number of nitrogens with one attached hydrogen (secondary N) is 2. The fourth-order valence-corrected chi connectivity index (χ4v) is 5.07. The third-order valence-electron chi connectivity index (χ3n) is 6.27. The lowest BCUT2D eigenvalue weighted by molar-refractivity contribution is 0.0490. The molecule has 0 saturated carbocycles. The number of halogens is 1. The quantitative estimate of drug-likeness (QED) is 0.313. The molecule has 39 heavy (non-hydrogen) atoms. The Kier molecular flexibility index (Phi) is 7.49. The van der Waals surface area contributed by atoms with E-state index in [0.29, 0.717) is 30.7 Å². The van der Waals surface area contributed by atoms with E-state index in [1.54, 1.807) is 18.3 Å². The number of aromatic nitrogens is 2. The minimum atomic E-state index is -4.37. The lowest BCUT2D eigenvalue weighted by Crippen LogP contribution is -2.31. The first-order valence-electron chi connectivity index (χ1n) is 12.1. The van der Waals surface area contributed by atoms with Crippen LogP contribution < -0.4 is 14.2 Å². The molecule has 1 saturated heterocycles.